The number of alkyl halides is 6. The van der Waals surface area contributed by atoms with E-state index in [9.17, 15) is 35.1 Å². The Bertz CT molecular complexity index is 998. The van der Waals surface area contributed by atoms with Gasteiger partial charge < -0.3 is 5.32 Å². The van der Waals surface area contributed by atoms with Crippen LogP contribution >= 0.6 is 0 Å². The number of allylic oxidation sites excluding steroid dienone is 10. The van der Waals surface area contributed by atoms with Crippen molar-refractivity contribution < 1.29 is 35.1 Å². The Labute approximate surface area is 193 Å². The molecule has 9 heteroatoms. The summed E-state index contributed by atoms with van der Waals surface area (Å²) >= 11 is 0. The van der Waals surface area contributed by atoms with E-state index in [1.807, 2.05) is 13.8 Å². The molecule has 1 aromatic rings. The normalized spacial score (nSPS) is 15.3. The Balaban J connectivity index is 0.00000281. The van der Waals surface area contributed by atoms with Gasteiger partial charge in [-0.15, -0.1) is 0 Å². The molecule has 0 atom stereocenters. The van der Waals surface area contributed by atoms with Crippen LogP contribution in [0.2, 0.25) is 0 Å². The van der Waals surface area contributed by atoms with E-state index in [0.717, 1.165) is 12.1 Å². The predicted octanol–water partition coefficient (Wildman–Crippen LogP) is 8.40. The van der Waals surface area contributed by atoms with Crippen molar-refractivity contribution in [3.05, 3.63) is 106 Å². The highest BCUT2D eigenvalue weighted by Crippen LogP contribution is 2.38. The quantitative estimate of drug-likeness (QED) is 0.311. The molecular formula is C25H25F8N. The maximum absolute atomic E-state index is 13.7. The van der Waals surface area contributed by atoms with Gasteiger partial charge in [0, 0.05) is 17.8 Å². The summed E-state index contributed by atoms with van der Waals surface area (Å²) in [6.07, 6.45) is -4.83. The molecule has 186 valence electrons. The minimum absolute atomic E-state index is 0.0693. The van der Waals surface area contributed by atoms with Crippen LogP contribution in [0.3, 0.4) is 0 Å². The lowest BCUT2D eigenvalue weighted by Crippen LogP contribution is -2.14. The molecule has 34 heavy (non-hydrogen) atoms. The topological polar surface area (TPSA) is 12.0 Å². The summed E-state index contributed by atoms with van der Waals surface area (Å²) in [7, 11) is 0. The van der Waals surface area contributed by atoms with Crippen molar-refractivity contribution in [3.63, 3.8) is 0 Å². The predicted molar refractivity (Wildman–Crippen MR) is 118 cm³/mol. The van der Waals surface area contributed by atoms with Crippen LogP contribution in [-0.4, -0.2) is 12.4 Å². The Morgan fingerprint density at radius 2 is 1.56 bits per heavy atom. The molecule has 2 rings (SSSR count). The Morgan fingerprint density at radius 1 is 0.971 bits per heavy atom. The molecule has 0 bridgehead atoms. The van der Waals surface area contributed by atoms with Crippen LogP contribution in [0, 0.1) is 11.6 Å². The SMILES string of the molecule is C=C/C(=C\C=C(/C)C1=C(C(F)(F)F)C=CC(C(F)(F)F)=CC1)NCc1c(F)cccc1F.CC. The highest BCUT2D eigenvalue weighted by Gasteiger charge is 2.38. The van der Waals surface area contributed by atoms with Crippen molar-refractivity contribution in [3.8, 4) is 0 Å². The third-order valence-corrected chi connectivity index (χ3v) is 4.65. The molecule has 1 nitrogen and oxygen atoms in total. The van der Waals surface area contributed by atoms with Crippen LogP contribution in [-0.2, 0) is 6.54 Å². The van der Waals surface area contributed by atoms with Gasteiger partial charge in [-0.3, -0.25) is 0 Å². The zero-order chi connectivity index (χ0) is 26.1. The first-order chi connectivity index (χ1) is 15.8. The van der Waals surface area contributed by atoms with Crippen molar-refractivity contribution in [1.29, 1.82) is 0 Å². The second kappa shape index (κ2) is 12.4. The van der Waals surface area contributed by atoms with E-state index < -0.39 is 41.6 Å². The fourth-order valence-electron chi connectivity index (χ4n) is 2.92. The standard InChI is InChI=1S/C23H19F8N.C2H6/c1-3-16(32-13-18-20(24)5-4-6-21(18)25)10-7-14(2)17-11-8-15(22(26,27)28)9-12-19(17)23(29,30)31;1-2/h3-10,12,32H,1,11,13H2,2H3;1-2H3/b14-7+,16-10+;. The highest BCUT2D eigenvalue weighted by atomic mass is 19.4. The largest absolute Gasteiger partial charge is 0.416 e. The summed E-state index contributed by atoms with van der Waals surface area (Å²) in [6, 6.07) is 3.36. The first-order valence-electron chi connectivity index (χ1n) is 10.3. The summed E-state index contributed by atoms with van der Waals surface area (Å²) in [5.41, 5.74) is -2.60. The van der Waals surface area contributed by atoms with Crippen LogP contribution < -0.4 is 5.32 Å². The number of halogens is 8. The smallest absolute Gasteiger partial charge is 0.381 e. The molecule has 1 N–H and O–H groups in total. The van der Waals surface area contributed by atoms with Gasteiger partial charge in [0.15, 0.2) is 0 Å². The molecule has 0 aromatic heterocycles. The molecule has 0 radical (unpaired) electrons. The zero-order valence-corrected chi connectivity index (χ0v) is 18.8. The fourth-order valence-corrected chi connectivity index (χ4v) is 2.92. The Hall–Kier alpha value is -3.10. The van der Waals surface area contributed by atoms with Gasteiger partial charge in [0.2, 0.25) is 0 Å². The van der Waals surface area contributed by atoms with E-state index in [-0.39, 0.29) is 29.0 Å². The minimum atomic E-state index is -4.86. The minimum Gasteiger partial charge on any atom is -0.381 e. The zero-order valence-electron chi connectivity index (χ0n) is 18.8. The molecular weight excluding hydrogens is 466 g/mol. The van der Waals surface area contributed by atoms with Gasteiger partial charge in [0.05, 0.1) is 11.1 Å². The van der Waals surface area contributed by atoms with Gasteiger partial charge in [-0.1, -0.05) is 38.6 Å². The number of benzene rings is 1. The lowest BCUT2D eigenvalue weighted by Gasteiger charge is -2.14. The number of rotatable bonds is 6. The van der Waals surface area contributed by atoms with Crippen LogP contribution in [0.1, 0.15) is 32.8 Å². The molecule has 0 aliphatic heterocycles. The molecule has 0 unspecified atom stereocenters. The van der Waals surface area contributed by atoms with E-state index in [1.165, 1.54) is 31.2 Å². The summed E-state index contributed by atoms with van der Waals surface area (Å²) < 4.78 is 107. The van der Waals surface area contributed by atoms with Crippen LogP contribution in [0.4, 0.5) is 35.1 Å². The summed E-state index contributed by atoms with van der Waals surface area (Å²) in [6.45, 7) is 8.61. The van der Waals surface area contributed by atoms with E-state index in [1.54, 1.807) is 0 Å². The van der Waals surface area contributed by atoms with Gasteiger partial charge in [-0.25, -0.2) is 8.78 Å². The summed E-state index contributed by atoms with van der Waals surface area (Å²) in [4.78, 5) is 0. The van der Waals surface area contributed by atoms with Gasteiger partial charge in [-0.2, -0.15) is 26.3 Å². The van der Waals surface area contributed by atoms with E-state index >= 15 is 0 Å². The fraction of sp³-hybridized carbons (Fsp3) is 0.280. The van der Waals surface area contributed by atoms with Gasteiger partial charge >= 0.3 is 12.4 Å². The van der Waals surface area contributed by atoms with Crippen LogP contribution in [0.5, 0.6) is 0 Å². The van der Waals surface area contributed by atoms with Gasteiger partial charge in [0.25, 0.3) is 0 Å². The number of hydrogen-bond acceptors (Lipinski definition) is 1. The molecule has 1 aliphatic carbocycles. The van der Waals surface area contributed by atoms with E-state index in [2.05, 4.69) is 11.9 Å². The van der Waals surface area contributed by atoms with E-state index in [4.69, 9.17) is 0 Å². The van der Waals surface area contributed by atoms with Gasteiger partial charge in [-0.05, 0) is 60.9 Å². The summed E-state index contributed by atoms with van der Waals surface area (Å²) in [5.74, 6) is -1.55. The maximum atomic E-state index is 13.7. The van der Waals surface area contributed by atoms with Crippen LogP contribution in [0.15, 0.2) is 89.2 Å². The molecule has 0 fully saturated rings. The van der Waals surface area contributed by atoms with Crippen LogP contribution in [0.25, 0.3) is 0 Å². The average Bonchev–Trinajstić information content (AvgIpc) is 3.00. The van der Waals surface area contributed by atoms with Crippen molar-refractivity contribution in [2.24, 2.45) is 0 Å². The van der Waals surface area contributed by atoms with E-state index in [0.29, 0.717) is 18.2 Å². The van der Waals surface area contributed by atoms with Crippen molar-refractivity contribution >= 4 is 0 Å². The monoisotopic (exact) mass is 491 g/mol. The van der Waals surface area contributed by atoms with Crippen molar-refractivity contribution in [2.45, 2.75) is 46.1 Å². The molecule has 0 heterocycles. The number of hydrogen-bond donors (Lipinski definition) is 1. The molecule has 1 aliphatic rings. The van der Waals surface area contributed by atoms with Crippen molar-refractivity contribution in [2.75, 3.05) is 0 Å². The second-order valence-corrected chi connectivity index (χ2v) is 6.81. The second-order valence-electron chi connectivity index (χ2n) is 6.81. The Morgan fingerprint density at radius 3 is 2.06 bits per heavy atom. The lowest BCUT2D eigenvalue weighted by atomic mass is 9.97. The maximum Gasteiger partial charge on any atom is 0.416 e. The molecule has 0 spiro atoms. The highest BCUT2D eigenvalue weighted by molar-refractivity contribution is 5.49. The third-order valence-electron chi connectivity index (χ3n) is 4.65. The lowest BCUT2D eigenvalue weighted by molar-refractivity contribution is -0.0906. The van der Waals surface area contributed by atoms with Crippen molar-refractivity contribution in [1.82, 2.24) is 5.32 Å². The molecule has 0 saturated heterocycles. The summed E-state index contributed by atoms with van der Waals surface area (Å²) in [5, 5.41) is 2.71. The average molecular weight is 491 g/mol. The molecule has 0 amide bonds. The third kappa shape index (κ3) is 8.04. The Kier molecular flexibility index (Phi) is 10.5. The first kappa shape index (κ1) is 28.9. The molecule has 0 saturated carbocycles. The first-order valence-corrected chi connectivity index (χ1v) is 10.3. The molecule has 1 aromatic carbocycles. The number of nitrogens with one attached hydrogen (secondary N) is 1. The van der Waals surface area contributed by atoms with Gasteiger partial charge in [0.1, 0.15) is 11.6 Å².